The van der Waals surface area contributed by atoms with E-state index in [9.17, 15) is 0 Å². The molecule has 4 nitrogen and oxygen atoms in total. The van der Waals surface area contributed by atoms with Crippen molar-refractivity contribution in [1.82, 2.24) is 15.0 Å². The number of pyridine rings is 3. The van der Waals surface area contributed by atoms with Gasteiger partial charge in [-0.05, 0) is 104 Å². The quantitative estimate of drug-likeness (QED) is 0.233. The molecule has 0 N–H and O–H groups in total. The molecule has 3 aromatic carbocycles. The van der Waals surface area contributed by atoms with Gasteiger partial charge in [0.25, 0.3) is 0 Å². The predicted molar refractivity (Wildman–Crippen MR) is 165 cm³/mol. The minimum absolute atomic E-state index is 0.660. The summed E-state index contributed by atoms with van der Waals surface area (Å²) >= 11 is 0. The van der Waals surface area contributed by atoms with Crippen LogP contribution in [0.4, 0.5) is 0 Å². The first-order valence-electron chi connectivity index (χ1n) is 13.6. The lowest BCUT2D eigenvalue weighted by Crippen LogP contribution is -1.95. The van der Waals surface area contributed by atoms with Crippen molar-refractivity contribution in [2.75, 3.05) is 0 Å². The van der Waals surface area contributed by atoms with Gasteiger partial charge in [0.1, 0.15) is 5.58 Å². The SMILES string of the molecule is Cc1ccc2c(n1)oc1c(-c3cc(-c4ccc5nc(-c6c(C)cccc6C)ccc5c4C)c(C)cn3)cccc12. The van der Waals surface area contributed by atoms with Crippen molar-refractivity contribution >= 4 is 33.0 Å². The zero-order valence-electron chi connectivity index (χ0n) is 23.3. The van der Waals surface area contributed by atoms with E-state index in [1.165, 1.54) is 27.8 Å². The minimum Gasteiger partial charge on any atom is -0.437 e. The number of hydrogen-bond donors (Lipinski definition) is 0. The van der Waals surface area contributed by atoms with Crippen LogP contribution in [0.25, 0.3) is 66.6 Å². The van der Waals surface area contributed by atoms with Gasteiger partial charge < -0.3 is 4.42 Å². The standard InChI is InChI=1S/C36H29N3O/c1-20-8-6-9-21(2)34(20)32-17-15-26-24(5)25(14-16-31(26)39-32)30-18-33(37-19-22(30)3)29-11-7-10-27-28-13-12-23(4)38-36(28)40-35(27)29/h6-19H,1-5H3. The highest BCUT2D eigenvalue weighted by Gasteiger charge is 2.17. The Labute approximate surface area is 233 Å². The van der Waals surface area contributed by atoms with Crippen LogP contribution in [0.15, 0.2) is 89.5 Å². The van der Waals surface area contributed by atoms with Crippen LogP contribution in [0.3, 0.4) is 0 Å². The summed E-state index contributed by atoms with van der Waals surface area (Å²) < 4.78 is 6.28. The van der Waals surface area contributed by atoms with E-state index in [0.717, 1.165) is 61.0 Å². The third kappa shape index (κ3) is 3.79. The van der Waals surface area contributed by atoms with Gasteiger partial charge in [0.05, 0.1) is 16.9 Å². The Morgan fingerprint density at radius 1 is 0.575 bits per heavy atom. The average molecular weight is 520 g/mol. The maximum Gasteiger partial charge on any atom is 0.227 e. The van der Waals surface area contributed by atoms with Crippen LogP contribution >= 0.6 is 0 Å². The molecule has 0 fully saturated rings. The van der Waals surface area contributed by atoms with Crippen LogP contribution in [-0.4, -0.2) is 15.0 Å². The fourth-order valence-corrected chi connectivity index (χ4v) is 5.94. The van der Waals surface area contributed by atoms with Gasteiger partial charge in [-0.3, -0.25) is 4.98 Å². The number of para-hydroxylation sites is 1. The molecule has 0 saturated heterocycles. The maximum atomic E-state index is 6.28. The van der Waals surface area contributed by atoms with Crippen LogP contribution in [0, 0.1) is 34.6 Å². The molecule has 0 spiro atoms. The van der Waals surface area contributed by atoms with E-state index in [1.807, 2.05) is 19.2 Å². The van der Waals surface area contributed by atoms with Gasteiger partial charge in [0.15, 0.2) is 0 Å². The predicted octanol–water partition coefficient (Wildman–Crippen LogP) is 9.47. The lowest BCUT2D eigenvalue weighted by Gasteiger charge is -2.15. The molecule has 7 aromatic rings. The Balaban J connectivity index is 1.36. The summed E-state index contributed by atoms with van der Waals surface area (Å²) in [6.07, 6.45) is 1.96. The Morgan fingerprint density at radius 3 is 2.17 bits per heavy atom. The van der Waals surface area contributed by atoms with Crippen LogP contribution in [0.5, 0.6) is 0 Å². The largest absolute Gasteiger partial charge is 0.437 e. The fraction of sp³-hybridized carbons (Fsp3) is 0.139. The summed E-state index contributed by atoms with van der Waals surface area (Å²) in [5.41, 5.74) is 14.6. The molecule has 0 amide bonds. The smallest absolute Gasteiger partial charge is 0.227 e. The molecule has 40 heavy (non-hydrogen) atoms. The molecule has 0 aliphatic carbocycles. The maximum absolute atomic E-state index is 6.28. The number of benzene rings is 3. The number of furan rings is 1. The molecule has 0 bridgehead atoms. The number of rotatable bonds is 3. The molecule has 0 aliphatic heterocycles. The summed E-state index contributed by atoms with van der Waals surface area (Å²) in [5.74, 6) is 0. The second-order valence-electron chi connectivity index (χ2n) is 10.7. The van der Waals surface area contributed by atoms with Gasteiger partial charge in [0.2, 0.25) is 5.71 Å². The Morgan fingerprint density at radius 2 is 1.35 bits per heavy atom. The zero-order chi connectivity index (χ0) is 27.5. The van der Waals surface area contributed by atoms with Crippen LogP contribution in [-0.2, 0) is 0 Å². The Bertz CT molecular complexity index is 2100. The third-order valence-corrected chi connectivity index (χ3v) is 8.05. The molecule has 0 radical (unpaired) electrons. The second-order valence-corrected chi connectivity index (χ2v) is 10.7. The van der Waals surface area contributed by atoms with Gasteiger partial charge in [0, 0.05) is 39.2 Å². The van der Waals surface area contributed by atoms with Gasteiger partial charge in [-0.1, -0.05) is 42.5 Å². The summed E-state index contributed by atoms with van der Waals surface area (Å²) in [6.45, 7) is 10.6. The zero-order valence-corrected chi connectivity index (χ0v) is 23.3. The van der Waals surface area contributed by atoms with Crippen molar-refractivity contribution in [1.29, 1.82) is 0 Å². The molecule has 4 heterocycles. The highest BCUT2D eigenvalue weighted by atomic mass is 16.3. The number of hydrogen-bond acceptors (Lipinski definition) is 4. The molecular weight excluding hydrogens is 490 g/mol. The van der Waals surface area contributed by atoms with E-state index in [-0.39, 0.29) is 0 Å². The van der Waals surface area contributed by atoms with Gasteiger partial charge in [-0.25, -0.2) is 9.97 Å². The van der Waals surface area contributed by atoms with Gasteiger partial charge in [-0.15, -0.1) is 0 Å². The Kier molecular flexibility index (Phi) is 5.53. The van der Waals surface area contributed by atoms with Crippen molar-refractivity contribution in [2.45, 2.75) is 34.6 Å². The van der Waals surface area contributed by atoms with Gasteiger partial charge >= 0.3 is 0 Å². The number of fused-ring (bicyclic) bond motifs is 4. The number of nitrogens with zero attached hydrogens (tertiary/aromatic N) is 3. The van der Waals surface area contributed by atoms with E-state index in [4.69, 9.17) is 14.4 Å². The summed E-state index contributed by atoms with van der Waals surface area (Å²) in [7, 11) is 0. The van der Waals surface area contributed by atoms with Crippen molar-refractivity contribution in [2.24, 2.45) is 0 Å². The summed E-state index contributed by atoms with van der Waals surface area (Å²) in [5, 5.41) is 3.23. The molecule has 0 saturated carbocycles. The highest BCUT2D eigenvalue weighted by Crippen LogP contribution is 2.38. The topological polar surface area (TPSA) is 51.8 Å². The molecule has 4 heteroatoms. The lowest BCUT2D eigenvalue weighted by atomic mass is 9.93. The number of aromatic nitrogens is 3. The van der Waals surface area contributed by atoms with Crippen LogP contribution in [0.2, 0.25) is 0 Å². The van der Waals surface area contributed by atoms with E-state index in [0.29, 0.717) is 5.71 Å². The van der Waals surface area contributed by atoms with Crippen molar-refractivity contribution in [3.63, 3.8) is 0 Å². The first-order chi connectivity index (χ1) is 19.4. The van der Waals surface area contributed by atoms with Crippen LogP contribution < -0.4 is 0 Å². The Hall–Kier alpha value is -4.83. The normalized spacial score (nSPS) is 11.6. The first-order valence-corrected chi connectivity index (χ1v) is 13.6. The summed E-state index contributed by atoms with van der Waals surface area (Å²) in [4.78, 5) is 14.5. The van der Waals surface area contributed by atoms with E-state index in [2.05, 4.69) is 105 Å². The second kappa shape index (κ2) is 9.13. The highest BCUT2D eigenvalue weighted by molar-refractivity contribution is 6.08. The molecule has 7 rings (SSSR count). The molecule has 0 unspecified atom stereocenters. The molecule has 4 aromatic heterocycles. The number of aryl methyl sites for hydroxylation is 5. The minimum atomic E-state index is 0.660. The van der Waals surface area contributed by atoms with E-state index < -0.39 is 0 Å². The van der Waals surface area contributed by atoms with Gasteiger partial charge in [-0.2, -0.15) is 0 Å². The molecule has 0 atom stereocenters. The van der Waals surface area contributed by atoms with Crippen molar-refractivity contribution in [3.05, 3.63) is 113 Å². The summed E-state index contributed by atoms with van der Waals surface area (Å²) in [6, 6.07) is 27.6. The monoisotopic (exact) mass is 519 g/mol. The van der Waals surface area contributed by atoms with E-state index >= 15 is 0 Å². The molecule has 194 valence electrons. The van der Waals surface area contributed by atoms with E-state index in [1.54, 1.807) is 0 Å². The van der Waals surface area contributed by atoms with Crippen LogP contribution in [0.1, 0.15) is 27.9 Å². The first kappa shape index (κ1) is 24.2. The molecule has 0 aliphatic rings. The molecular formula is C36H29N3O. The average Bonchev–Trinajstić information content (AvgIpc) is 3.31. The van der Waals surface area contributed by atoms with Crippen molar-refractivity contribution in [3.8, 4) is 33.6 Å². The van der Waals surface area contributed by atoms with Crippen molar-refractivity contribution < 1.29 is 4.42 Å². The lowest BCUT2D eigenvalue weighted by molar-refractivity contribution is 0.653. The fourth-order valence-electron chi connectivity index (χ4n) is 5.94. The third-order valence-electron chi connectivity index (χ3n) is 8.05.